The van der Waals surface area contributed by atoms with Crippen LogP contribution in [-0.2, 0) is 39.6 Å². The van der Waals surface area contributed by atoms with Crippen molar-refractivity contribution in [2.24, 2.45) is 5.16 Å². The van der Waals surface area contributed by atoms with Gasteiger partial charge in [-0.25, -0.2) is 9.78 Å². The van der Waals surface area contributed by atoms with Crippen molar-refractivity contribution in [1.29, 1.82) is 0 Å². The molecule has 0 aliphatic carbocycles. The van der Waals surface area contributed by atoms with Crippen LogP contribution in [0.15, 0.2) is 21.8 Å². The third-order valence-corrected chi connectivity index (χ3v) is 6.63. The van der Waals surface area contributed by atoms with Crippen molar-refractivity contribution in [2.45, 2.75) is 18.3 Å². The van der Waals surface area contributed by atoms with Crippen LogP contribution in [-0.4, -0.2) is 79.5 Å². The molecular formula is C16H17N5O8S2. The minimum atomic E-state index is -1.76. The molecule has 0 saturated carbocycles. The lowest BCUT2D eigenvalue weighted by molar-refractivity contribution is -0.150. The first-order valence-electron chi connectivity index (χ1n) is 8.58. The predicted octanol–water partition coefficient (Wildman–Crippen LogP) is -1.61. The van der Waals surface area contributed by atoms with Crippen molar-refractivity contribution in [3.63, 3.8) is 0 Å². The SMILES string of the molecule is CO/N=C(/C(=O)NC1C(=O)N2C(C(=O)O)=C(COC(C)=O)CS(=O)C12)c1csc(N)n1. The second-order valence-electron chi connectivity index (χ2n) is 6.31. The number of carbonyl (C=O) groups is 4. The number of carboxylic acids is 1. The number of thiazole rings is 1. The molecule has 13 nitrogen and oxygen atoms in total. The summed E-state index contributed by atoms with van der Waals surface area (Å²) in [7, 11) is -0.549. The van der Waals surface area contributed by atoms with E-state index >= 15 is 0 Å². The van der Waals surface area contributed by atoms with Crippen molar-refractivity contribution < 1.29 is 38.1 Å². The van der Waals surface area contributed by atoms with Crippen LogP contribution in [0.25, 0.3) is 0 Å². The van der Waals surface area contributed by atoms with Gasteiger partial charge in [-0.05, 0) is 0 Å². The lowest BCUT2D eigenvalue weighted by atomic mass is 10.0. The van der Waals surface area contributed by atoms with Crippen LogP contribution in [0.2, 0.25) is 0 Å². The maximum Gasteiger partial charge on any atom is 0.352 e. The second kappa shape index (κ2) is 8.81. The number of β-lactam (4-membered cyclic amide) rings is 1. The van der Waals surface area contributed by atoms with Gasteiger partial charge in [0.1, 0.15) is 36.5 Å². The Bertz CT molecular complexity index is 1050. The summed E-state index contributed by atoms with van der Waals surface area (Å²) in [6.45, 7) is 0.727. The van der Waals surface area contributed by atoms with E-state index in [0.717, 1.165) is 23.2 Å². The minimum absolute atomic E-state index is 0.0370. The summed E-state index contributed by atoms with van der Waals surface area (Å²) in [5, 5.41) is 16.1. The number of nitrogens with zero attached hydrogens (tertiary/aromatic N) is 3. The Morgan fingerprint density at radius 1 is 1.48 bits per heavy atom. The number of aromatic nitrogens is 1. The number of carbonyl (C=O) groups excluding carboxylic acids is 3. The van der Waals surface area contributed by atoms with Gasteiger partial charge in [-0.15, -0.1) is 11.3 Å². The highest BCUT2D eigenvalue weighted by Gasteiger charge is 2.57. The van der Waals surface area contributed by atoms with Gasteiger partial charge in [-0.2, -0.15) is 0 Å². The standard InChI is InChI=1S/C16H17N5O8S2/c1-6(22)29-3-7-5-31(27)14-10(13(24)21(14)11(7)15(25)26)19-12(23)9(20-28-2)8-4-30-16(17)18-8/h4,10,14H,3,5H2,1-2H3,(H2,17,18)(H,19,23)(H,25,26)/b20-9+. The molecule has 0 aromatic carbocycles. The zero-order chi connectivity index (χ0) is 22.9. The van der Waals surface area contributed by atoms with Gasteiger partial charge >= 0.3 is 11.9 Å². The van der Waals surface area contributed by atoms with Crippen LogP contribution in [0, 0.1) is 0 Å². The number of ether oxygens (including phenoxy) is 1. The smallest absolute Gasteiger partial charge is 0.352 e. The molecule has 0 spiro atoms. The van der Waals surface area contributed by atoms with Crippen LogP contribution >= 0.6 is 11.3 Å². The highest BCUT2D eigenvalue weighted by atomic mass is 32.2. The molecule has 166 valence electrons. The molecule has 3 unspecified atom stereocenters. The van der Waals surface area contributed by atoms with E-state index in [1.165, 1.54) is 12.5 Å². The quantitative estimate of drug-likeness (QED) is 0.180. The molecule has 2 aliphatic rings. The molecular weight excluding hydrogens is 454 g/mol. The summed E-state index contributed by atoms with van der Waals surface area (Å²) in [5.41, 5.74) is 5.04. The molecule has 0 radical (unpaired) electrons. The molecule has 1 fully saturated rings. The average molecular weight is 471 g/mol. The van der Waals surface area contributed by atoms with Crippen LogP contribution < -0.4 is 11.1 Å². The van der Waals surface area contributed by atoms with Crippen molar-refractivity contribution in [3.8, 4) is 0 Å². The number of anilines is 1. The van der Waals surface area contributed by atoms with Crippen molar-refractivity contribution >= 4 is 56.7 Å². The summed E-state index contributed by atoms with van der Waals surface area (Å²) in [6.07, 6.45) is 0. The van der Waals surface area contributed by atoms with E-state index in [1.54, 1.807) is 0 Å². The van der Waals surface area contributed by atoms with Gasteiger partial charge in [-0.3, -0.25) is 23.5 Å². The Kier molecular flexibility index (Phi) is 6.35. The van der Waals surface area contributed by atoms with Crippen molar-refractivity contribution in [3.05, 3.63) is 22.3 Å². The van der Waals surface area contributed by atoms with E-state index in [4.69, 9.17) is 10.5 Å². The summed E-state index contributed by atoms with van der Waals surface area (Å²) in [4.78, 5) is 57.5. The van der Waals surface area contributed by atoms with E-state index in [9.17, 15) is 28.5 Å². The Hall–Kier alpha value is -3.33. The fraction of sp³-hybridized carbons (Fsp3) is 0.375. The van der Waals surface area contributed by atoms with Crippen LogP contribution in [0.1, 0.15) is 12.6 Å². The number of esters is 1. The van der Waals surface area contributed by atoms with Gasteiger partial charge in [0.05, 0.1) is 16.6 Å². The second-order valence-corrected chi connectivity index (χ2v) is 8.73. The number of amides is 2. The van der Waals surface area contributed by atoms with Crippen molar-refractivity contribution in [1.82, 2.24) is 15.2 Å². The number of carboxylic acid groups (broad SMARTS) is 1. The molecule has 3 rings (SSSR count). The monoisotopic (exact) mass is 471 g/mol. The highest BCUT2D eigenvalue weighted by molar-refractivity contribution is 7.86. The minimum Gasteiger partial charge on any atom is -0.477 e. The fourth-order valence-corrected chi connectivity index (χ4v) is 5.27. The molecule has 1 aromatic rings. The van der Waals surface area contributed by atoms with Gasteiger partial charge in [0.2, 0.25) is 0 Å². The molecule has 2 amide bonds. The molecule has 2 aliphatic heterocycles. The Balaban J connectivity index is 1.84. The summed E-state index contributed by atoms with van der Waals surface area (Å²) < 4.78 is 17.5. The number of aliphatic carboxylic acids is 1. The van der Waals surface area contributed by atoms with Crippen molar-refractivity contribution in [2.75, 3.05) is 25.2 Å². The maximum atomic E-state index is 12.7. The zero-order valence-electron chi connectivity index (χ0n) is 16.2. The van der Waals surface area contributed by atoms with E-state index < -0.39 is 58.3 Å². The number of nitrogen functional groups attached to an aromatic ring is 1. The van der Waals surface area contributed by atoms with E-state index in [2.05, 4.69) is 20.3 Å². The Labute approximate surface area is 181 Å². The highest BCUT2D eigenvalue weighted by Crippen LogP contribution is 2.35. The third kappa shape index (κ3) is 4.27. The first-order valence-corrected chi connectivity index (χ1v) is 10.8. The molecule has 31 heavy (non-hydrogen) atoms. The number of nitrogens with one attached hydrogen (secondary N) is 1. The number of nitrogens with two attached hydrogens (primary N) is 1. The van der Waals surface area contributed by atoms with Gasteiger partial charge in [-0.1, -0.05) is 5.16 Å². The number of rotatable bonds is 7. The topological polar surface area (TPSA) is 191 Å². The summed E-state index contributed by atoms with van der Waals surface area (Å²) in [6, 6.07) is -1.25. The normalized spacial score (nSPS) is 23.0. The number of fused-ring (bicyclic) bond motifs is 1. The Morgan fingerprint density at radius 3 is 2.74 bits per heavy atom. The molecule has 15 heteroatoms. The molecule has 3 atom stereocenters. The van der Waals surface area contributed by atoms with Crippen LogP contribution in [0.5, 0.6) is 0 Å². The molecule has 4 N–H and O–H groups in total. The van der Waals surface area contributed by atoms with Gasteiger partial charge in [0, 0.05) is 17.9 Å². The number of hydrogen-bond donors (Lipinski definition) is 3. The maximum absolute atomic E-state index is 12.7. The van der Waals surface area contributed by atoms with Gasteiger partial charge in [0.25, 0.3) is 11.8 Å². The molecule has 1 aromatic heterocycles. The van der Waals surface area contributed by atoms with E-state index in [-0.39, 0.29) is 27.9 Å². The number of hydrogen-bond acceptors (Lipinski definition) is 11. The molecule has 3 heterocycles. The lowest BCUT2D eigenvalue weighted by Crippen LogP contribution is -2.74. The average Bonchev–Trinajstić information content (AvgIpc) is 3.13. The third-order valence-electron chi connectivity index (χ3n) is 4.31. The fourth-order valence-electron chi connectivity index (χ4n) is 3.05. The first-order chi connectivity index (χ1) is 14.6. The molecule has 1 saturated heterocycles. The zero-order valence-corrected chi connectivity index (χ0v) is 17.8. The van der Waals surface area contributed by atoms with Crippen LogP contribution in [0.3, 0.4) is 0 Å². The predicted molar refractivity (Wildman–Crippen MR) is 107 cm³/mol. The first kappa shape index (κ1) is 22.4. The summed E-state index contributed by atoms with van der Waals surface area (Å²) in [5.74, 6) is -3.95. The largest absolute Gasteiger partial charge is 0.477 e. The summed E-state index contributed by atoms with van der Waals surface area (Å²) >= 11 is 1.06. The number of oxime groups is 1. The van der Waals surface area contributed by atoms with E-state index in [1.807, 2.05) is 0 Å². The van der Waals surface area contributed by atoms with Gasteiger partial charge < -0.3 is 25.7 Å². The lowest BCUT2D eigenvalue weighted by Gasteiger charge is -2.48. The Morgan fingerprint density at radius 2 is 2.19 bits per heavy atom. The van der Waals surface area contributed by atoms with Crippen LogP contribution in [0.4, 0.5) is 5.13 Å². The van der Waals surface area contributed by atoms with Gasteiger partial charge in [0.15, 0.2) is 10.8 Å². The molecule has 0 bridgehead atoms. The van der Waals surface area contributed by atoms with E-state index in [0.29, 0.717) is 0 Å².